The van der Waals surface area contributed by atoms with Crippen molar-refractivity contribution in [2.24, 2.45) is 35.5 Å². The highest BCUT2D eigenvalue weighted by Gasteiger charge is 2.41. The molecule has 2 N–H and O–H groups in total. The molecule has 2 aliphatic carbocycles. The van der Waals surface area contributed by atoms with Crippen LogP contribution in [0.4, 0.5) is 0 Å². The molecule has 0 aromatic heterocycles. The third-order valence-corrected chi connectivity index (χ3v) is 6.41. The third kappa shape index (κ3) is 3.22. The summed E-state index contributed by atoms with van der Waals surface area (Å²) in [5.74, 6) is 3.41. The highest BCUT2D eigenvalue weighted by Crippen LogP contribution is 2.46. The number of rotatable bonds is 3. The van der Waals surface area contributed by atoms with Gasteiger partial charge >= 0.3 is 0 Å². The van der Waals surface area contributed by atoms with Gasteiger partial charge in [-0.15, -0.1) is 0 Å². The van der Waals surface area contributed by atoms with Gasteiger partial charge in [0, 0.05) is 0 Å². The molecule has 0 bridgehead atoms. The smallest absolute Gasteiger partial charge is 0.0594 e. The van der Waals surface area contributed by atoms with Crippen molar-refractivity contribution in [2.75, 3.05) is 0 Å². The number of aliphatic hydroxyl groups is 2. The first-order valence-electron chi connectivity index (χ1n) is 8.83. The van der Waals surface area contributed by atoms with E-state index in [9.17, 15) is 10.2 Å². The predicted molar refractivity (Wildman–Crippen MR) is 83.4 cm³/mol. The fourth-order valence-electron chi connectivity index (χ4n) is 5.00. The highest BCUT2D eigenvalue weighted by atomic mass is 16.3. The summed E-state index contributed by atoms with van der Waals surface area (Å²) >= 11 is 0. The Morgan fingerprint density at radius 2 is 1.05 bits per heavy atom. The maximum atomic E-state index is 10.3. The number of aliphatic hydroxyl groups excluding tert-OH is 2. The maximum Gasteiger partial charge on any atom is 0.0594 e. The van der Waals surface area contributed by atoms with Gasteiger partial charge in [-0.2, -0.15) is 0 Å². The van der Waals surface area contributed by atoms with Crippen molar-refractivity contribution in [3.63, 3.8) is 0 Å². The Balaban J connectivity index is 2.03. The second-order valence-electron chi connectivity index (χ2n) is 7.74. The molecule has 118 valence electrons. The minimum atomic E-state index is -0.0928. The zero-order chi connectivity index (χ0) is 14.9. The van der Waals surface area contributed by atoms with Crippen LogP contribution in [0.1, 0.15) is 66.2 Å². The Hall–Kier alpha value is -0.0800. The Kier molecular flexibility index (Phi) is 5.53. The minimum absolute atomic E-state index is 0.0928. The molecule has 2 nitrogen and oxygen atoms in total. The highest BCUT2D eigenvalue weighted by molar-refractivity contribution is 4.91. The summed E-state index contributed by atoms with van der Waals surface area (Å²) in [7, 11) is 0. The van der Waals surface area contributed by atoms with Crippen LogP contribution < -0.4 is 0 Å². The molecule has 0 radical (unpaired) electrons. The van der Waals surface area contributed by atoms with Gasteiger partial charge in [0.15, 0.2) is 0 Å². The molecule has 2 saturated carbocycles. The maximum absolute atomic E-state index is 10.3. The molecule has 0 aromatic rings. The third-order valence-electron chi connectivity index (χ3n) is 6.41. The van der Waals surface area contributed by atoms with Gasteiger partial charge in [-0.3, -0.25) is 0 Å². The summed E-state index contributed by atoms with van der Waals surface area (Å²) in [5, 5.41) is 20.6. The first-order chi connectivity index (χ1) is 9.47. The lowest BCUT2D eigenvalue weighted by atomic mass is 9.62. The van der Waals surface area contributed by atoms with E-state index in [4.69, 9.17) is 0 Å². The molecule has 2 fully saturated rings. The van der Waals surface area contributed by atoms with Crippen LogP contribution in [-0.2, 0) is 0 Å². The van der Waals surface area contributed by atoms with E-state index >= 15 is 0 Å². The van der Waals surface area contributed by atoms with E-state index in [1.54, 1.807) is 0 Å². The van der Waals surface area contributed by atoms with Gasteiger partial charge < -0.3 is 10.2 Å². The molecule has 2 aliphatic rings. The molecule has 0 aliphatic heterocycles. The molecule has 2 rings (SSSR count). The van der Waals surface area contributed by atoms with Crippen LogP contribution in [0.3, 0.4) is 0 Å². The summed E-state index contributed by atoms with van der Waals surface area (Å²) in [6.45, 7) is 8.87. The molecule has 0 amide bonds. The standard InChI is InChI=1S/C18H34O2/c1-5-13-9-15(7-11(3)17(13)19)16-8-12(4)18(20)14(6-2)10-16/h11-20H,5-10H2,1-4H3. The quantitative estimate of drug-likeness (QED) is 0.825. The first-order valence-corrected chi connectivity index (χ1v) is 8.83. The molecule has 20 heavy (non-hydrogen) atoms. The van der Waals surface area contributed by atoms with E-state index in [0.29, 0.717) is 23.7 Å². The number of hydrogen-bond donors (Lipinski definition) is 2. The average Bonchev–Trinajstić information content (AvgIpc) is 2.44. The lowest BCUT2D eigenvalue weighted by Gasteiger charge is -2.46. The molecule has 8 atom stereocenters. The summed E-state index contributed by atoms with van der Waals surface area (Å²) < 4.78 is 0. The van der Waals surface area contributed by atoms with Gasteiger partial charge in [0.25, 0.3) is 0 Å². The summed E-state index contributed by atoms with van der Waals surface area (Å²) in [5.41, 5.74) is 0. The van der Waals surface area contributed by atoms with Gasteiger partial charge in [0.05, 0.1) is 12.2 Å². The van der Waals surface area contributed by atoms with Crippen molar-refractivity contribution < 1.29 is 10.2 Å². The van der Waals surface area contributed by atoms with Gasteiger partial charge in [-0.1, -0.05) is 40.5 Å². The van der Waals surface area contributed by atoms with Crippen molar-refractivity contribution in [1.82, 2.24) is 0 Å². The van der Waals surface area contributed by atoms with E-state index in [-0.39, 0.29) is 12.2 Å². The van der Waals surface area contributed by atoms with Gasteiger partial charge in [-0.25, -0.2) is 0 Å². The van der Waals surface area contributed by atoms with E-state index in [0.717, 1.165) is 24.7 Å². The Morgan fingerprint density at radius 3 is 1.35 bits per heavy atom. The summed E-state index contributed by atoms with van der Waals surface area (Å²) in [4.78, 5) is 0. The molecule has 8 unspecified atom stereocenters. The predicted octanol–water partition coefficient (Wildman–Crippen LogP) is 3.85. The largest absolute Gasteiger partial charge is 0.393 e. The first kappa shape index (κ1) is 16.3. The van der Waals surface area contributed by atoms with Crippen molar-refractivity contribution in [3.8, 4) is 0 Å². The van der Waals surface area contributed by atoms with Crippen LogP contribution in [0.2, 0.25) is 0 Å². The summed E-state index contributed by atoms with van der Waals surface area (Å²) in [6.07, 6.45) is 6.78. The molecule has 0 spiro atoms. The molecule has 0 aromatic carbocycles. The Labute approximate surface area is 125 Å². The van der Waals surface area contributed by atoms with E-state index in [1.165, 1.54) is 25.7 Å². The van der Waals surface area contributed by atoms with Crippen LogP contribution in [-0.4, -0.2) is 22.4 Å². The van der Waals surface area contributed by atoms with Crippen molar-refractivity contribution >= 4 is 0 Å². The minimum Gasteiger partial charge on any atom is -0.393 e. The van der Waals surface area contributed by atoms with E-state index in [1.807, 2.05) is 0 Å². The van der Waals surface area contributed by atoms with Crippen LogP contribution in [0.15, 0.2) is 0 Å². The normalized spacial score (nSPS) is 50.1. The zero-order valence-corrected chi connectivity index (χ0v) is 13.8. The molecule has 0 saturated heterocycles. The molecular weight excluding hydrogens is 248 g/mol. The van der Waals surface area contributed by atoms with Crippen LogP contribution >= 0.6 is 0 Å². The fraction of sp³-hybridized carbons (Fsp3) is 1.00. The van der Waals surface area contributed by atoms with Crippen molar-refractivity contribution in [2.45, 2.75) is 78.4 Å². The van der Waals surface area contributed by atoms with E-state index in [2.05, 4.69) is 27.7 Å². The topological polar surface area (TPSA) is 40.5 Å². The second kappa shape index (κ2) is 6.79. The lowest BCUT2D eigenvalue weighted by Crippen LogP contribution is -2.42. The van der Waals surface area contributed by atoms with Crippen LogP contribution in [0, 0.1) is 35.5 Å². The van der Waals surface area contributed by atoms with Gasteiger partial charge in [0.2, 0.25) is 0 Å². The molecular formula is C18H34O2. The average molecular weight is 282 g/mol. The number of hydrogen-bond acceptors (Lipinski definition) is 2. The van der Waals surface area contributed by atoms with Crippen molar-refractivity contribution in [1.29, 1.82) is 0 Å². The fourth-order valence-corrected chi connectivity index (χ4v) is 5.00. The zero-order valence-electron chi connectivity index (χ0n) is 13.8. The molecule has 2 heteroatoms. The van der Waals surface area contributed by atoms with Gasteiger partial charge in [-0.05, 0) is 61.2 Å². The van der Waals surface area contributed by atoms with Crippen LogP contribution in [0.25, 0.3) is 0 Å². The van der Waals surface area contributed by atoms with Gasteiger partial charge in [0.1, 0.15) is 0 Å². The lowest BCUT2D eigenvalue weighted by molar-refractivity contribution is -0.0482. The molecule has 0 heterocycles. The van der Waals surface area contributed by atoms with E-state index < -0.39 is 0 Å². The van der Waals surface area contributed by atoms with Crippen LogP contribution in [0.5, 0.6) is 0 Å². The summed E-state index contributed by atoms with van der Waals surface area (Å²) in [6, 6.07) is 0. The second-order valence-corrected chi connectivity index (χ2v) is 7.74. The monoisotopic (exact) mass is 282 g/mol. The Morgan fingerprint density at radius 1 is 0.700 bits per heavy atom. The van der Waals surface area contributed by atoms with Crippen molar-refractivity contribution in [3.05, 3.63) is 0 Å². The SMILES string of the molecule is CCC1CC(C2CC(C)C(O)C(CC)C2)CC(C)C1O. The Bertz CT molecular complexity index is 274.